The van der Waals surface area contributed by atoms with Crippen LogP contribution in [0.2, 0.25) is 0 Å². The lowest BCUT2D eigenvalue weighted by Gasteiger charge is -2.30. The third kappa shape index (κ3) is 0.933. The Balaban J connectivity index is 2.31. The fourth-order valence-electron chi connectivity index (χ4n) is 2.27. The van der Waals surface area contributed by atoms with Crippen LogP contribution in [-0.4, -0.2) is 7.11 Å². The van der Waals surface area contributed by atoms with Crippen LogP contribution in [0.4, 0.5) is 0 Å². The van der Waals surface area contributed by atoms with Crippen molar-refractivity contribution in [3.05, 3.63) is 47.5 Å². The first kappa shape index (κ1) is 8.01. The Morgan fingerprint density at radius 1 is 1.14 bits per heavy atom. The van der Waals surface area contributed by atoms with Crippen molar-refractivity contribution >= 4 is 10.8 Å². The monoisotopic (exact) mass is 184 g/mol. The van der Waals surface area contributed by atoms with Crippen LogP contribution >= 0.6 is 0 Å². The molecule has 0 fully saturated rings. The largest absolute Gasteiger partial charge is 0.376 e. The minimum absolute atomic E-state index is 0.316. The summed E-state index contributed by atoms with van der Waals surface area (Å²) in [5.74, 6) is 0. The summed E-state index contributed by atoms with van der Waals surface area (Å²) in [6, 6.07) is 12.9. The van der Waals surface area contributed by atoms with Gasteiger partial charge in [0, 0.05) is 13.5 Å². The molecule has 0 aliphatic heterocycles. The normalized spacial score (nSPS) is 19.1. The van der Waals surface area contributed by atoms with Crippen molar-refractivity contribution in [2.75, 3.05) is 7.11 Å². The van der Waals surface area contributed by atoms with Gasteiger partial charge in [-0.05, 0) is 21.9 Å². The van der Waals surface area contributed by atoms with E-state index in [1.807, 2.05) is 0 Å². The highest BCUT2D eigenvalue weighted by Gasteiger charge is 2.27. The molecule has 1 atom stereocenters. The van der Waals surface area contributed by atoms with Crippen LogP contribution in [0, 0.1) is 0 Å². The van der Waals surface area contributed by atoms with Crippen LogP contribution in [0.1, 0.15) is 17.2 Å². The molecule has 0 aromatic heterocycles. The quantitative estimate of drug-likeness (QED) is 0.661. The van der Waals surface area contributed by atoms with E-state index in [1.165, 1.54) is 21.9 Å². The molecule has 0 saturated heterocycles. The first-order valence-corrected chi connectivity index (χ1v) is 4.93. The van der Waals surface area contributed by atoms with Gasteiger partial charge in [-0.3, -0.25) is 0 Å². The summed E-state index contributed by atoms with van der Waals surface area (Å²) >= 11 is 0. The van der Waals surface area contributed by atoms with Crippen LogP contribution in [0.15, 0.2) is 36.4 Å². The van der Waals surface area contributed by atoms with Gasteiger partial charge in [-0.15, -0.1) is 0 Å². The lowest BCUT2D eigenvalue weighted by atomic mass is 9.82. The molecule has 1 heteroatoms. The van der Waals surface area contributed by atoms with Crippen LogP contribution in [-0.2, 0) is 11.2 Å². The van der Waals surface area contributed by atoms with Gasteiger partial charge in [-0.2, -0.15) is 0 Å². The number of ether oxygens (including phenoxy) is 1. The second kappa shape index (κ2) is 2.82. The van der Waals surface area contributed by atoms with Gasteiger partial charge in [0.25, 0.3) is 0 Å². The number of methoxy groups -OCH3 is 1. The lowest BCUT2D eigenvalue weighted by Crippen LogP contribution is -2.18. The Kier molecular flexibility index (Phi) is 1.62. The van der Waals surface area contributed by atoms with Gasteiger partial charge in [0.1, 0.15) is 0 Å². The molecule has 0 spiro atoms. The standard InChI is InChI=1S/C13H12O/c1-14-12-8-10-7-6-9-4-2-3-5-11(9)13(10)12/h2-7,12H,8H2,1H3. The average molecular weight is 184 g/mol. The Hall–Kier alpha value is -1.34. The zero-order chi connectivity index (χ0) is 9.54. The van der Waals surface area contributed by atoms with E-state index in [9.17, 15) is 0 Å². The molecule has 0 radical (unpaired) electrons. The molecule has 0 bridgehead atoms. The summed E-state index contributed by atoms with van der Waals surface area (Å²) in [5.41, 5.74) is 2.83. The molecule has 2 aromatic rings. The molecular formula is C13H12O. The zero-order valence-corrected chi connectivity index (χ0v) is 8.16. The minimum Gasteiger partial charge on any atom is -0.376 e. The Morgan fingerprint density at radius 3 is 2.86 bits per heavy atom. The molecule has 1 nitrogen and oxygen atoms in total. The van der Waals surface area contributed by atoms with Gasteiger partial charge in [0.2, 0.25) is 0 Å². The highest BCUT2D eigenvalue weighted by Crippen LogP contribution is 2.40. The third-order valence-electron chi connectivity index (χ3n) is 3.07. The molecule has 14 heavy (non-hydrogen) atoms. The van der Waals surface area contributed by atoms with Crippen molar-refractivity contribution in [3.63, 3.8) is 0 Å². The zero-order valence-electron chi connectivity index (χ0n) is 8.16. The molecule has 1 aliphatic carbocycles. The molecular weight excluding hydrogens is 172 g/mol. The van der Waals surface area contributed by atoms with Crippen LogP contribution < -0.4 is 0 Å². The maximum atomic E-state index is 5.42. The number of hydrogen-bond acceptors (Lipinski definition) is 1. The van der Waals surface area contributed by atoms with Crippen molar-refractivity contribution in [3.8, 4) is 0 Å². The maximum absolute atomic E-state index is 5.42. The summed E-state index contributed by atoms with van der Waals surface area (Å²) in [4.78, 5) is 0. The predicted molar refractivity (Wildman–Crippen MR) is 57.4 cm³/mol. The maximum Gasteiger partial charge on any atom is 0.0870 e. The second-order valence-electron chi connectivity index (χ2n) is 3.79. The first-order chi connectivity index (χ1) is 6.90. The number of hydrogen-bond donors (Lipinski definition) is 0. The summed E-state index contributed by atoms with van der Waals surface area (Å²) in [6.45, 7) is 0. The van der Waals surface area contributed by atoms with Crippen LogP contribution in [0.5, 0.6) is 0 Å². The van der Waals surface area contributed by atoms with Crippen molar-refractivity contribution in [2.45, 2.75) is 12.5 Å². The van der Waals surface area contributed by atoms with Crippen molar-refractivity contribution in [1.82, 2.24) is 0 Å². The third-order valence-corrected chi connectivity index (χ3v) is 3.07. The van der Waals surface area contributed by atoms with Gasteiger partial charge in [0.15, 0.2) is 0 Å². The first-order valence-electron chi connectivity index (χ1n) is 4.93. The summed E-state index contributed by atoms with van der Waals surface area (Å²) in [6.07, 6.45) is 1.38. The van der Waals surface area contributed by atoms with E-state index in [1.54, 1.807) is 7.11 Å². The van der Waals surface area contributed by atoms with Crippen molar-refractivity contribution in [1.29, 1.82) is 0 Å². The summed E-state index contributed by atoms with van der Waals surface area (Å²) in [7, 11) is 1.79. The van der Waals surface area contributed by atoms with Gasteiger partial charge in [-0.1, -0.05) is 36.4 Å². The van der Waals surface area contributed by atoms with Crippen molar-refractivity contribution in [2.24, 2.45) is 0 Å². The van der Waals surface area contributed by atoms with E-state index in [0.717, 1.165) is 6.42 Å². The van der Waals surface area contributed by atoms with Crippen LogP contribution in [0.3, 0.4) is 0 Å². The molecule has 1 aliphatic rings. The molecule has 0 N–H and O–H groups in total. The van der Waals surface area contributed by atoms with E-state index >= 15 is 0 Å². The summed E-state index contributed by atoms with van der Waals surface area (Å²) in [5, 5.41) is 2.66. The SMILES string of the molecule is COC1Cc2ccc3ccccc3c21. The fraction of sp³-hybridized carbons (Fsp3) is 0.231. The highest BCUT2D eigenvalue weighted by atomic mass is 16.5. The summed E-state index contributed by atoms with van der Waals surface area (Å²) < 4.78 is 5.42. The smallest absolute Gasteiger partial charge is 0.0870 e. The number of benzene rings is 2. The van der Waals surface area contributed by atoms with E-state index in [2.05, 4.69) is 36.4 Å². The lowest BCUT2D eigenvalue weighted by molar-refractivity contribution is 0.0860. The number of fused-ring (bicyclic) bond motifs is 3. The van der Waals surface area contributed by atoms with Gasteiger partial charge in [0.05, 0.1) is 6.10 Å². The molecule has 1 unspecified atom stereocenters. The average Bonchev–Trinajstić information content (AvgIpc) is 2.18. The van der Waals surface area contributed by atoms with E-state index in [0.29, 0.717) is 6.10 Å². The Labute approximate surface area is 83.3 Å². The van der Waals surface area contributed by atoms with Crippen molar-refractivity contribution < 1.29 is 4.74 Å². The predicted octanol–water partition coefficient (Wildman–Crippen LogP) is 3.08. The van der Waals surface area contributed by atoms with Gasteiger partial charge in [-0.25, -0.2) is 0 Å². The fourth-order valence-corrected chi connectivity index (χ4v) is 2.27. The second-order valence-corrected chi connectivity index (χ2v) is 3.79. The van der Waals surface area contributed by atoms with E-state index in [4.69, 9.17) is 4.74 Å². The molecule has 2 aromatic carbocycles. The molecule has 0 heterocycles. The van der Waals surface area contributed by atoms with E-state index in [-0.39, 0.29) is 0 Å². The van der Waals surface area contributed by atoms with Crippen LogP contribution in [0.25, 0.3) is 10.8 Å². The van der Waals surface area contributed by atoms with Gasteiger partial charge >= 0.3 is 0 Å². The minimum atomic E-state index is 0.316. The highest BCUT2D eigenvalue weighted by molar-refractivity contribution is 5.88. The topological polar surface area (TPSA) is 9.23 Å². The molecule has 0 saturated carbocycles. The Morgan fingerprint density at radius 2 is 2.00 bits per heavy atom. The number of rotatable bonds is 1. The molecule has 70 valence electrons. The van der Waals surface area contributed by atoms with Gasteiger partial charge < -0.3 is 4.74 Å². The Bertz CT molecular complexity index is 488. The van der Waals surface area contributed by atoms with E-state index < -0.39 is 0 Å². The molecule has 0 amide bonds. The molecule has 3 rings (SSSR count).